The molecule has 0 fully saturated rings. The van der Waals surface area contributed by atoms with E-state index in [2.05, 4.69) is 10.6 Å². The van der Waals surface area contributed by atoms with Crippen LogP contribution in [-0.2, 0) is 14.6 Å². The summed E-state index contributed by atoms with van der Waals surface area (Å²) in [5.74, 6) is -0.0305. The quantitative estimate of drug-likeness (QED) is 0.703. The normalized spacial score (nSPS) is 12.2. The minimum Gasteiger partial charge on any atom is -0.340 e. The Kier molecular flexibility index (Phi) is 7.44. The Morgan fingerprint density at radius 1 is 1.07 bits per heavy atom. The Bertz CT molecular complexity index is 899. The smallest absolute Gasteiger partial charge is 0.251 e. The predicted molar refractivity (Wildman–Crippen MR) is 109 cm³/mol. The van der Waals surface area contributed by atoms with Crippen molar-refractivity contribution in [2.45, 2.75) is 17.4 Å². The Balaban J connectivity index is 2.14. The van der Waals surface area contributed by atoms with E-state index >= 15 is 0 Å². The fourth-order valence-corrected chi connectivity index (χ4v) is 3.51. The van der Waals surface area contributed by atoms with Gasteiger partial charge in [-0.05, 0) is 48.8 Å². The van der Waals surface area contributed by atoms with E-state index in [1.54, 1.807) is 48.2 Å². The van der Waals surface area contributed by atoms with Crippen LogP contribution in [0.2, 0.25) is 0 Å². The lowest BCUT2D eigenvalue weighted by Gasteiger charge is -2.18. The number of benzene rings is 2. The number of nitrogens with one attached hydrogen (secondary N) is 2. The second-order valence-corrected chi connectivity index (χ2v) is 8.96. The van der Waals surface area contributed by atoms with Crippen molar-refractivity contribution in [1.82, 2.24) is 5.32 Å². The number of amides is 2. The van der Waals surface area contributed by atoms with Gasteiger partial charge in [-0.2, -0.15) is 11.8 Å². The number of sulfone groups is 1. The van der Waals surface area contributed by atoms with Crippen molar-refractivity contribution in [3.8, 4) is 0 Å². The van der Waals surface area contributed by atoms with Gasteiger partial charge in [0.15, 0.2) is 9.84 Å². The first-order valence-corrected chi connectivity index (χ1v) is 11.6. The summed E-state index contributed by atoms with van der Waals surface area (Å²) in [5.41, 5.74) is 0.838. The van der Waals surface area contributed by atoms with Crippen molar-refractivity contribution in [2.75, 3.05) is 23.6 Å². The molecular formula is C19H22N2O4S2. The molecule has 0 radical (unpaired) electrons. The van der Waals surface area contributed by atoms with Crippen molar-refractivity contribution in [3.05, 3.63) is 60.2 Å². The first-order valence-electron chi connectivity index (χ1n) is 8.27. The topological polar surface area (TPSA) is 92.3 Å². The van der Waals surface area contributed by atoms with Gasteiger partial charge in [-0.3, -0.25) is 9.59 Å². The highest BCUT2D eigenvalue weighted by Crippen LogP contribution is 2.16. The zero-order valence-corrected chi connectivity index (χ0v) is 16.8. The molecule has 2 amide bonds. The molecule has 2 aromatic rings. The van der Waals surface area contributed by atoms with Gasteiger partial charge in [0.05, 0.1) is 4.90 Å². The van der Waals surface area contributed by atoms with Crippen LogP contribution in [0.5, 0.6) is 0 Å². The Morgan fingerprint density at radius 2 is 1.78 bits per heavy atom. The Morgan fingerprint density at radius 3 is 2.41 bits per heavy atom. The molecule has 0 saturated carbocycles. The van der Waals surface area contributed by atoms with E-state index < -0.39 is 15.9 Å². The van der Waals surface area contributed by atoms with Crippen LogP contribution in [0, 0.1) is 0 Å². The molecule has 0 unspecified atom stereocenters. The van der Waals surface area contributed by atoms with Crippen LogP contribution in [0.4, 0.5) is 5.69 Å². The van der Waals surface area contributed by atoms with Crippen LogP contribution < -0.4 is 10.6 Å². The average molecular weight is 407 g/mol. The van der Waals surface area contributed by atoms with Gasteiger partial charge >= 0.3 is 0 Å². The van der Waals surface area contributed by atoms with Gasteiger partial charge < -0.3 is 10.6 Å². The molecule has 0 aliphatic heterocycles. The monoisotopic (exact) mass is 406 g/mol. The number of hydrogen-bond acceptors (Lipinski definition) is 5. The van der Waals surface area contributed by atoms with Crippen LogP contribution in [-0.4, -0.2) is 44.5 Å². The Labute approximate surface area is 163 Å². The number of thioether (sulfide) groups is 1. The summed E-state index contributed by atoms with van der Waals surface area (Å²) < 4.78 is 23.4. The SMILES string of the molecule is CSCC[C@H](NC(=O)c1ccccc1)C(=O)Nc1cccc(S(C)(=O)=O)c1. The summed E-state index contributed by atoms with van der Waals surface area (Å²) in [6, 6.07) is 14.0. The number of anilines is 1. The number of carbonyl (C=O) groups excluding carboxylic acids is 2. The highest BCUT2D eigenvalue weighted by molar-refractivity contribution is 7.98. The lowest BCUT2D eigenvalue weighted by molar-refractivity contribution is -0.118. The van der Waals surface area contributed by atoms with Gasteiger partial charge in [0.1, 0.15) is 6.04 Å². The third-order valence-corrected chi connectivity index (χ3v) is 5.55. The third kappa shape index (κ3) is 6.41. The van der Waals surface area contributed by atoms with Crippen molar-refractivity contribution in [3.63, 3.8) is 0 Å². The summed E-state index contributed by atoms with van der Waals surface area (Å²) in [7, 11) is -3.37. The van der Waals surface area contributed by atoms with Crippen LogP contribution >= 0.6 is 11.8 Å². The lowest BCUT2D eigenvalue weighted by Crippen LogP contribution is -2.44. The fourth-order valence-electron chi connectivity index (χ4n) is 2.37. The summed E-state index contributed by atoms with van der Waals surface area (Å²) in [4.78, 5) is 25.2. The molecule has 6 nitrogen and oxygen atoms in total. The van der Waals surface area contributed by atoms with Gasteiger partial charge in [0.2, 0.25) is 5.91 Å². The van der Waals surface area contributed by atoms with Gasteiger partial charge in [-0.15, -0.1) is 0 Å². The fraction of sp³-hybridized carbons (Fsp3) is 0.263. The molecule has 0 bridgehead atoms. The molecule has 144 valence electrons. The predicted octanol–water partition coefficient (Wildman–Crippen LogP) is 2.58. The molecule has 2 N–H and O–H groups in total. The highest BCUT2D eigenvalue weighted by atomic mass is 32.2. The first kappa shape index (κ1) is 21.0. The summed E-state index contributed by atoms with van der Waals surface area (Å²) in [6.07, 6.45) is 3.48. The second kappa shape index (κ2) is 9.57. The van der Waals surface area contributed by atoms with E-state index in [0.29, 0.717) is 23.4 Å². The largest absolute Gasteiger partial charge is 0.340 e. The maximum atomic E-state index is 12.7. The Hall–Kier alpha value is -2.32. The van der Waals surface area contributed by atoms with Gasteiger partial charge in [0, 0.05) is 17.5 Å². The van der Waals surface area contributed by atoms with Crippen LogP contribution in [0.3, 0.4) is 0 Å². The van der Waals surface area contributed by atoms with Crippen LogP contribution in [0.25, 0.3) is 0 Å². The van der Waals surface area contributed by atoms with E-state index in [1.165, 1.54) is 12.1 Å². The van der Waals surface area contributed by atoms with Gasteiger partial charge in [-0.25, -0.2) is 8.42 Å². The van der Waals surface area contributed by atoms with Gasteiger partial charge in [0.25, 0.3) is 5.91 Å². The third-order valence-electron chi connectivity index (χ3n) is 3.80. The van der Waals surface area contributed by atoms with Crippen molar-refractivity contribution >= 4 is 39.1 Å². The zero-order chi connectivity index (χ0) is 19.9. The van der Waals surface area contributed by atoms with Gasteiger partial charge in [-0.1, -0.05) is 24.3 Å². The first-order chi connectivity index (χ1) is 12.8. The molecule has 2 aromatic carbocycles. The number of hydrogen-bond donors (Lipinski definition) is 2. The van der Waals surface area contributed by atoms with E-state index in [1.807, 2.05) is 12.3 Å². The van der Waals surface area contributed by atoms with E-state index in [-0.39, 0.29) is 16.7 Å². The van der Waals surface area contributed by atoms with E-state index in [9.17, 15) is 18.0 Å². The lowest BCUT2D eigenvalue weighted by atomic mass is 10.1. The molecule has 2 rings (SSSR count). The second-order valence-electron chi connectivity index (χ2n) is 5.96. The van der Waals surface area contributed by atoms with Crippen LogP contribution in [0.1, 0.15) is 16.8 Å². The van der Waals surface area contributed by atoms with Crippen LogP contribution in [0.15, 0.2) is 59.5 Å². The molecule has 0 aliphatic carbocycles. The average Bonchev–Trinajstić information content (AvgIpc) is 2.65. The molecular weight excluding hydrogens is 384 g/mol. The maximum Gasteiger partial charge on any atom is 0.251 e. The molecule has 0 aromatic heterocycles. The zero-order valence-electron chi connectivity index (χ0n) is 15.1. The summed E-state index contributed by atoms with van der Waals surface area (Å²) >= 11 is 1.57. The molecule has 0 aliphatic rings. The highest BCUT2D eigenvalue weighted by Gasteiger charge is 2.21. The molecule has 0 spiro atoms. The van der Waals surface area contributed by atoms with Crippen molar-refractivity contribution in [1.29, 1.82) is 0 Å². The molecule has 0 saturated heterocycles. The standard InChI is InChI=1S/C19H22N2O4S2/c1-26-12-11-17(21-18(22)14-7-4-3-5-8-14)19(23)20-15-9-6-10-16(13-15)27(2,24)25/h3-10,13,17H,11-12H2,1-2H3,(H,20,23)(H,21,22)/t17-/m0/s1. The van der Waals surface area contributed by atoms with E-state index in [4.69, 9.17) is 0 Å². The van der Waals surface area contributed by atoms with Crippen molar-refractivity contribution < 1.29 is 18.0 Å². The maximum absolute atomic E-state index is 12.7. The van der Waals surface area contributed by atoms with Crippen molar-refractivity contribution in [2.24, 2.45) is 0 Å². The molecule has 8 heteroatoms. The summed E-state index contributed by atoms with van der Waals surface area (Å²) in [5, 5.41) is 5.44. The minimum absolute atomic E-state index is 0.120. The molecule has 0 heterocycles. The summed E-state index contributed by atoms with van der Waals surface area (Å²) in [6.45, 7) is 0. The van der Waals surface area contributed by atoms with E-state index in [0.717, 1.165) is 6.26 Å². The molecule has 27 heavy (non-hydrogen) atoms. The minimum atomic E-state index is -3.37. The number of rotatable bonds is 8. The molecule has 1 atom stereocenters. The number of carbonyl (C=O) groups is 2.